The fraction of sp³-hybridized carbons (Fsp3) is 0.0952. The van der Waals surface area contributed by atoms with Gasteiger partial charge in [0.05, 0.1) is 20.8 Å². The van der Waals surface area contributed by atoms with Crippen LogP contribution in [-0.2, 0) is 10.0 Å². The molecule has 9 heteroatoms. The molecule has 0 aliphatic rings. The molecule has 0 saturated heterocycles. The Hall–Kier alpha value is -2.25. The molecule has 0 saturated carbocycles. The Bertz CT molecular complexity index is 1220. The Morgan fingerprint density at radius 2 is 1.53 bits per heavy atom. The first kappa shape index (κ1) is 22.4. The first-order chi connectivity index (χ1) is 14.1. The number of carbonyl (C=O) groups is 1. The fourth-order valence-corrected chi connectivity index (χ4v) is 4.80. The van der Waals surface area contributed by atoms with Gasteiger partial charge in [-0.3, -0.25) is 9.52 Å². The third kappa shape index (κ3) is 5.08. The first-order valence-corrected chi connectivity index (χ1v) is 11.3. The molecule has 156 valence electrons. The second-order valence-electron chi connectivity index (χ2n) is 6.68. The minimum absolute atomic E-state index is 0.00999. The van der Waals surface area contributed by atoms with Crippen molar-refractivity contribution in [2.45, 2.75) is 18.7 Å². The van der Waals surface area contributed by atoms with Crippen molar-refractivity contribution in [2.24, 2.45) is 0 Å². The van der Waals surface area contributed by atoms with Gasteiger partial charge in [-0.15, -0.1) is 0 Å². The Labute approximate surface area is 190 Å². The van der Waals surface area contributed by atoms with Crippen LogP contribution in [0.15, 0.2) is 59.5 Å². The van der Waals surface area contributed by atoms with Crippen molar-refractivity contribution in [3.05, 3.63) is 86.4 Å². The zero-order valence-electron chi connectivity index (χ0n) is 16.0. The van der Waals surface area contributed by atoms with Crippen LogP contribution in [0.1, 0.15) is 21.5 Å². The molecule has 0 aliphatic heterocycles. The maximum absolute atomic E-state index is 12.9. The molecule has 3 aromatic carbocycles. The normalized spacial score (nSPS) is 11.2. The fourth-order valence-electron chi connectivity index (χ4n) is 2.89. The van der Waals surface area contributed by atoms with Crippen molar-refractivity contribution in [3.8, 4) is 0 Å². The first-order valence-electron chi connectivity index (χ1n) is 8.73. The van der Waals surface area contributed by atoms with E-state index in [9.17, 15) is 13.2 Å². The van der Waals surface area contributed by atoms with E-state index < -0.39 is 15.9 Å². The minimum atomic E-state index is -4.03. The summed E-state index contributed by atoms with van der Waals surface area (Å²) in [5.41, 5.74) is 2.62. The maximum Gasteiger partial charge on any atom is 0.263 e. The molecule has 0 fully saturated rings. The van der Waals surface area contributed by atoms with E-state index in [1.165, 1.54) is 18.2 Å². The number of carbonyl (C=O) groups excluding carboxylic acids is 1. The quantitative estimate of drug-likeness (QED) is 0.446. The predicted octanol–water partition coefficient (Wildman–Crippen LogP) is 6.32. The second kappa shape index (κ2) is 8.86. The van der Waals surface area contributed by atoms with Gasteiger partial charge in [-0.2, -0.15) is 0 Å². The molecule has 3 rings (SSSR count). The van der Waals surface area contributed by atoms with Gasteiger partial charge < -0.3 is 5.32 Å². The topological polar surface area (TPSA) is 75.3 Å². The van der Waals surface area contributed by atoms with Crippen LogP contribution >= 0.6 is 34.8 Å². The number of aryl methyl sites for hydroxylation is 2. The number of amides is 1. The molecule has 5 nitrogen and oxygen atoms in total. The van der Waals surface area contributed by atoms with E-state index in [1.807, 2.05) is 19.9 Å². The van der Waals surface area contributed by atoms with Gasteiger partial charge >= 0.3 is 0 Å². The lowest BCUT2D eigenvalue weighted by atomic mass is 10.1. The highest BCUT2D eigenvalue weighted by molar-refractivity contribution is 7.92. The summed E-state index contributed by atoms with van der Waals surface area (Å²) in [4.78, 5) is 12.4. The third-order valence-corrected chi connectivity index (χ3v) is 6.84. The van der Waals surface area contributed by atoms with Gasteiger partial charge in [0.25, 0.3) is 15.9 Å². The van der Waals surface area contributed by atoms with E-state index in [2.05, 4.69) is 10.0 Å². The van der Waals surface area contributed by atoms with Crippen molar-refractivity contribution in [2.75, 3.05) is 10.0 Å². The van der Waals surface area contributed by atoms with Crippen LogP contribution in [0.2, 0.25) is 15.1 Å². The molecule has 3 aromatic rings. The van der Waals surface area contributed by atoms with Gasteiger partial charge in [-0.25, -0.2) is 8.42 Å². The smallest absolute Gasteiger partial charge is 0.263 e. The average Bonchev–Trinajstić information content (AvgIpc) is 2.64. The van der Waals surface area contributed by atoms with Gasteiger partial charge in [0, 0.05) is 11.3 Å². The van der Waals surface area contributed by atoms with Crippen molar-refractivity contribution in [3.63, 3.8) is 0 Å². The Morgan fingerprint density at radius 3 is 2.20 bits per heavy atom. The number of hydrogen-bond donors (Lipinski definition) is 2. The molecule has 30 heavy (non-hydrogen) atoms. The monoisotopic (exact) mass is 482 g/mol. The Morgan fingerprint density at radius 1 is 0.867 bits per heavy atom. The molecule has 0 unspecified atom stereocenters. The lowest BCUT2D eigenvalue weighted by Crippen LogP contribution is -2.16. The van der Waals surface area contributed by atoms with Crippen molar-refractivity contribution in [1.82, 2.24) is 0 Å². The number of hydrogen-bond acceptors (Lipinski definition) is 3. The zero-order chi connectivity index (χ0) is 22.1. The molecular formula is C21H17Cl3N2O3S. The van der Waals surface area contributed by atoms with Crippen molar-refractivity contribution < 1.29 is 13.2 Å². The molecule has 0 aromatic heterocycles. The highest BCUT2D eigenvalue weighted by atomic mass is 35.5. The Kier molecular flexibility index (Phi) is 6.62. The number of nitrogens with one attached hydrogen (secondary N) is 2. The summed E-state index contributed by atoms with van der Waals surface area (Å²) in [7, 11) is -4.03. The van der Waals surface area contributed by atoms with Gasteiger partial charge in [0.1, 0.15) is 4.90 Å². The molecule has 0 radical (unpaired) electrons. The van der Waals surface area contributed by atoms with Gasteiger partial charge in [0.15, 0.2) is 0 Å². The van der Waals surface area contributed by atoms with E-state index in [0.29, 0.717) is 11.4 Å². The highest BCUT2D eigenvalue weighted by Gasteiger charge is 2.21. The van der Waals surface area contributed by atoms with Gasteiger partial charge in [0.2, 0.25) is 0 Å². The number of sulfonamides is 1. The summed E-state index contributed by atoms with van der Waals surface area (Å²) in [6.45, 7) is 3.73. The predicted molar refractivity (Wildman–Crippen MR) is 123 cm³/mol. The van der Waals surface area contributed by atoms with Crippen LogP contribution in [-0.4, -0.2) is 14.3 Å². The van der Waals surface area contributed by atoms with E-state index in [4.69, 9.17) is 34.8 Å². The van der Waals surface area contributed by atoms with Crippen LogP contribution in [0.4, 0.5) is 11.4 Å². The molecule has 0 atom stereocenters. The number of halogens is 3. The molecule has 0 bridgehead atoms. The highest BCUT2D eigenvalue weighted by Crippen LogP contribution is 2.31. The van der Waals surface area contributed by atoms with Crippen LogP contribution in [0.3, 0.4) is 0 Å². The lowest BCUT2D eigenvalue weighted by Gasteiger charge is -2.13. The number of rotatable bonds is 5. The number of benzene rings is 3. The largest absolute Gasteiger partial charge is 0.321 e. The van der Waals surface area contributed by atoms with E-state index in [0.717, 1.165) is 11.1 Å². The summed E-state index contributed by atoms with van der Waals surface area (Å²) in [5, 5.41) is 3.08. The summed E-state index contributed by atoms with van der Waals surface area (Å²) in [6.07, 6.45) is 0. The van der Waals surface area contributed by atoms with Crippen LogP contribution in [0.5, 0.6) is 0 Å². The van der Waals surface area contributed by atoms with Gasteiger partial charge in [-0.1, -0.05) is 46.9 Å². The second-order valence-corrected chi connectivity index (χ2v) is 9.53. The van der Waals surface area contributed by atoms with Crippen LogP contribution < -0.4 is 10.0 Å². The lowest BCUT2D eigenvalue weighted by molar-refractivity contribution is 0.102. The van der Waals surface area contributed by atoms with E-state index in [-0.39, 0.29) is 25.5 Å². The standard InChI is InChI=1S/C21H17Cl3N2O3S/c1-12-8-13(2)10-15(9-12)26-30(28,29)19-11-14(6-7-16(19)22)21(27)25-18-5-3-4-17(23)20(18)24/h3-11,26H,1-2H3,(H,25,27). The van der Waals surface area contributed by atoms with E-state index in [1.54, 1.807) is 30.3 Å². The van der Waals surface area contributed by atoms with Crippen molar-refractivity contribution in [1.29, 1.82) is 0 Å². The van der Waals surface area contributed by atoms with Crippen molar-refractivity contribution >= 4 is 62.1 Å². The summed E-state index contributed by atoms with van der Waals surface area (Å²) in [6, 6.07) is 14.1. The summed E-state index contributed by atoms with van der Waals surface area (Å²) in [5.74, 6) is -0.557. The number of anilines is 2. The summed E-state index contributed by atoms with van der Waals surface area (Å²) >= 11 is 18.2. The molecule has 0 aliphatic carbocycles. The zero-order valence-corrected chi connectivity index (χ0v) is 19.0. The minimum Gasteiger partial charge on any atom is -0.321 e. The molecule has 1 amide bonds. The molecular weight excluding hydrogens is 467 g/mol. The van der Waals surface area contributed by atoms with Crippen LogP contribution in [0.25, 0.3) is 0 Å². The molecule has 0 spiro atoms. The van der Waals surface area contributed by atoms with Crippen LogP contribution in [0, 0.1) is 13.8 Å². The Balaban J connectivity index is 1.92. The average molecular weight is 484 g/mol. The molecule has 0 heterocycles. The maximum atomic E-state index is 12.9. The molecule has 2 N–H and O–H groups in total. The van der Waals surface area contributed by atoms with E-state index >= 15 is 0 Å². The SMILES string of the molecule is Cc1cc(C)cc(NS(=O)(=O)c2cc(C(=O)Nc3cccc(Cl)c3Cl)ccc2Cl)c1. The van der Waals surface area contributed by atoms with Gasteiger partial charge in [-0.05, 0) is 67.4 Å². The third-order valence-electron chi connectivity index (χ3n) is 4.16. The summed E-state index contributed by atoms with van der Waals surface area (Å²) < 4.78 is 28.3.